The molecule has 0 saturated carbocycles. The fourth-order valence-corrected chi connectivity index (χ4v) is 1.98. The van der Waals surface area contributed by atoms with E-state index in [9.17, 15) is 14.5 Å². The Balaban J connectivity index is 2.90. The lowest BCUT2D eigenvalue weighted by Gasteiger charge is -2.29. The van der Waals surface area contributed by atoms with E-state index in [1.54, 1.807) is 44.2 Å². The number of nitrogens with one attached hydrogen (secondary N) is 1. The van der Waals surface area contributed by atoms with Crippen molar-refractivity contribution in [1.82, 2.24) is 5.32 Å². The maximum absolute atomic E-state index is 12.2. The van der Waals surface area contributed by atoms with Gasteiger partial charge in [-0.05, 0) is 26.0 Å². The van der Waals surface area contributed by atoms with Crippen LogP contribution in [-0.2, 0) is 9.59 Å². The molecule has 0 aliphatic heterocycles. The number of nitroso groups, excluding NO2 is 1. The summed E-state index contributed by atoms with van der Waals surface area (Å²) in [5, 5.41) is 2.49. The fraction of sp³-hybridized carbons (Fsp3) is 0.385. The molecular weight excluding hydrogens is 280 g/mol. The molecule has 1 atom stereocenters. The SMILES string of the molecule is CC(=O)N[C@@H](C(=O)Oc1ccccc1)C(C)(C)SN=O. The first-order valence-corrected chi connectivity index (χ1v) is 6.69. The molecule has 7 heteroatoms. The van der Waals surface area contributed by atoms with Crippen LogP contribution in [0.5, 0.6) is 5.75 Å². The Morgan fingerprint density at radius 1 is 1.30 bits per heavy atom. The molecule has 1 rings (SSSR count). The molecule has 1 amide bonds. The summed E-state index contributed by atoms with van der Waals surface area (Å²) in [6.07, 6.45) is 0. The third-order valence-corrected chi connectivity index (χ3v) is 3.29. The number of esters is 1. The predicted octanol–water partition coefficient (Wildman–Crippen LogP) is 2.29. The average molecular weight is 296 g/mol. The molecule has 0 aromatic heterocycles. The molecule has 1 N–H and O–H groups in total. The van der Waals surface area contributed by atoms with E-state index in [1.807, 2.05) is 0 Å². The van der Waals surface area contributed by atoms with E-state index in [0.717, 1.165) is 0 Å². The third-order valence-electron chi connectivity index (χ3n) is 2.51. The summed E-state index contributed by atoms with van der Waals surface area (Å²) in [6, 6.07) is 7.51. The van der Waals surface area contributed by atoms with Crippen molar-refractivity contribution in [3.8, 4) is 5.75 Å². The highest BCUT2D eigenvalue weighted by Gasteiger charge is 2.39. The molecule has 0 bridgehead atoms. The predicted molar refractivity (Wildman–Crippen MR) is 77.1 cm³/mol. The van der Waals surface area contributed by atoms with E-state index in [4.69, 9.17) is 4.74 Å². The number of para-hydroxylation sites is 1. The van der Waals surface area contributed by atoms with E-state index in [-0.39, 0.29) is 5.91 Å². The maximum Gasteiger partial charge on any atom is 0.335 e. The van der Waals surface area contributed by atoms with Crippen LogP contribution in [0.25, 0.3) is 0 Å². The number of nitrogens with zero attached hydrogens (tertiary/aromatic N) is 1. The molecule has 0 spiro atoms. The summed E-state index contributed by atoms with van der Waals surface area (Å²) in [5.74, 6) is -0.667. The number of carbonyl (C=O) groups excluding carboxylic acids is 2. The molecule has 108 valence electrons. The van der Waals surface area contributed by atoms with Gasteiger partial charge in [-0.3, -0.25) is 4.79 Å². The Labute approximate surface area is 121 Å². The van der Waals surface area contributed by atoms with Gasteiger partial charge in [-0.2, -0.15) is 0 Å². The van der Waals surface area contributed by atoms with Gasteiger partial charge in [-0.25, -0.2) is 4.79 Å². The summed E-state index contributed by atoms with van der Waals surface area (Å²) in [5.41, 5.74) is 0. The first-order chi connectivity index (χ1) is 9.36. The zero-order chi connectivity index (χ0) is 15.2. The van der Waals surface area contributed by atoms with Gasteiger partial charge in [0, 0.05) is 23.5 Å². The van der Waals surface area contributed by atoms with E-state index in [0.29, 0.717) is 17.7 Å². The zero-order valence-corrected chi connectivity index (χ0v) is 12.3. The van der Waals surface area contributed by atoms with Gasteiger partial charge in [0.1, 0.15) is 11.8 Å². The maximum atomic E-state index is 12.2. The molecule has 1 aromatic carbocycles. The molecule has 0 fully saturated rings. The Morgan fingerprint density at radius 2 is 1.90 bits per heavy atom. The second kappa shape index (κ2) is 7.04. The first-order valence-electron chi connectivity index (χ1n) is 5.91. The van der Waals surface area contributed by atoms with Crippen LogP contribution in [0.2, 0.25) is 0 Å². The standard InChI is InChI=1S/C13H16N2O4S/c1-9(16)14-11(13(2,3)20-15-18)12(17)19-10-7-5-4-6-8-10/h4-8,11H,1-3H3,(H,14,16)/t11-/m0/s1. The van der Waals surface area contributed by atoms with Crippen molar-refractivity contribution in [2.24, 2.45) is 4.58 Å². The summed E-state index contributed by atoms with van der Waals surface area (Å²) in [7, 11) is 0. The largest absolute Gasteiger partial charge is 0.425 e. The van der Waals surface area contributed by atoms with Gasteiger partial charge in [0.2, 0.25) is 5.91 Å². The van der Waals surface area contributed by atoms with Crippen molar-refractivity contribution in [3.63, 3.8) is 0 Å². The summed E-state index contributed by atoms with van der Waals surface area (Å²) in [4.78, 5) is 33.8. The zero-order valence-electron chi connectivity index (χ0n) is 11.5. The Morgan fingerprint density at radius 3 is 2.40 bits per heavy atom. The molecule has 0 aliphatic rings. The molecular formula is C13H16N2O4S. The van der Waals surface area contributed by atoms with Gasteiger partial charge in [-0.1, -0.05) is 18.2 Å². The quantitative estimate of drug-likeness (QED) is 0.377. The average Bonchev–Trinajstić information content (AvgIpc) is 2.36. The Kier molecular flexibility index (Phi) is 5.69. The lowest BCUT2D eigenvalue weighted by Crippen LogP contribution is -2.53. The van der Waals surface area contributed by atoms with Crippen LogP contribution in [0.3, 0.4) is 0 Å². The molecule has 0 aliphatic carbocycles. The van der Waals surface area contributed by atoms with Crippen LogP contribution in [0, 0.1) is 4.91 Å². The number of ether oxygens (including phenoxy) is 1. The van der Waals surface area contributed by atoms with Crippen LogP contribution >= 0.6 is 11.9 Å². The highest BCUT2D eigenvalue weighted by atomic mass is 32.2. The molecule has 20 heavy (non-hydrogen) atoms. The molecule has 1 aromatic rings. The number of rotatable bonds is 6. The van der Waals surface area contributed by atoms with Gasteiger partial charge in [0.05, 0.1) is 4.75 Å². The van der Waals surface area contributed by atoms with E-state index in [2.05, 4.69) is 9.90 Å². The smallest absolute Gasteiger partial charge is 0.335 e. The Bertz CT molecular complexity index is 490. The van der Waals surface area contributed by atoms with Crippen molar-refractivity contribution >= 4 is 23.8 Å². The van der Waals surface area contributed by atoms with Crippen molar-refractivity contribution < 1.29 is 14.3 Å². The van der Waals surface area contributed by atoms with Crippen molar-refractivity contribution in [2.75, 3.05) is 0 Å². The van der Waals surface area contributed by atoms with Gasteiger partial charge in [0.25, 0.3) is 0 Å². The lowest BCUT2D eigenvalue weighted by molar-refractivity contribution is -0.139. The van der Waals surface area contributed by atoms with Crippen molar-refractivity contribution in [3.05, 3.63) is 35.2 Å². The second-order valence-electron chi connectivity index (χ2n) is 4.64. The summed E-state index contributed by atoms with van der Waals surface area (Å²) in [6.45, 7) is 4.55. The van der Waals surface area contributed by atoms with E-state index in [1.165, 1.54) is 6.92 Å². The van der Waals surface area contributed by atoms with Gasteiger partial charge < -0.3 is 10.1 Å². The normalized spacial score (nSPS) is 12.3. The van der Waals surface area contributed by atoms with E-state index >= 15 is 0 Å². The monoisotopic (exact) mass is 296 g/mol. The molecule has 0 saturated heterocycles. The van der Waals surface area contributed by atoms with E-state index < -0.39 is 16.8 Å². The molecule has 0 heterocycles. The fourth-order valence-electron chi connectivity index (χ4n) is 1.53. The minimum absolute atomic E-state index is 0.368. The first kappa shape index (κ1) is 16.2. The minimum atomic E-state index is -0.983. The molecule has 6 nitrogen and oxygen atoms in total. The number of amides is 1. The summed E-state index contributed by atoms with van der Waals surface area (Å²) < 4.78 is 7.01. The minimum Gasteiger partial charge on any atom is -0.425 e. The third kappa shape index (κ3) is 4.65. The van der Waals surface area contributed by atoms with Gasteiger partial charge in [0.15, 0.2) is 0 Å². The van der Waals surface area contributed by atoms with Crippen LogP contribution in [0.4, 0.5) is 0 Å². The second-order valence-corrected chi connectivity index (χ2v) is 6.02. The van der Waals surface area contributed by atoms with Crippen LogP contribution < -0.4 is 10.1 Å². The lowest BCUT2D eigenvalue weighted by atomic mass is 10.0. The van der Waals surface area contributed by atoms with Crippen molar-refractivity contribution in [2.45, 2.75) is 31.6 Å². The Hall–Kier alpha value is -1.89. The highest BCUT2D eigenvalue weighted by molar-refractivity contribution is 7.99. The van der Waals surface area contributed by atoms with Gasteiger partial charge >= 0.3 is 5.97 Å². The number of benzene rings is 1. The number of hydrogen-bond acceptors (Lipinski definition) is 6. The number of hydrogen-bond donors (Lipinski definition) is 1. The van der Waals surface area contributed by atoms with Crippen LogP contribution in [0.1, 0.15) is 20.8 Å². The van der Waals surface area contributed by atoms with Gasteiger partial charge in [-0.15, -0.1) is 4.91 Å². The molecule has 0 unspecified atom stereocenters. The van der Waals surface area contributed by atoms with Crippen molar-refractivity contribution in [1.29, 1.82) is 0 Å². The summed E-state index contributed by atoms with van der Waals surface area (Å²) >= 11 is 0.676. The molecule has 0 radical (unpaired) electrons. The topological polar surface area (TPSA) is 84.8 Å². The van der Waals surface area contributed by atoms with Crippen LogP contribution in [0.15, 0.2) is 34.9 Å². The number of carbonyl (C=O) groups is 2. The van der Waals surface area contributed by atoms with Crippen LogP contribution in [-0.4, -0.2) is 22.7 Å². The highest BCUT2D eigenvalue weighted by Crippen LogP contribution is 2.30.